The second-order valence-corrected chi connectivity index (χ2v) is 7.06. The second-order valence-electron chi connectivity index (χ2n) is 7.06. The van der Waals surface area contributed by atoms with Crippen LogP contribution >= 0.6 is 0 Å². The lowest BCUT2D eigenvalue weighted by molar-refractivity contribution is -0.116. The summed E-state index contributed by atoms with van der Waals surface area (Å²) >= 11 is 0. The van der Waals surface area contributed by atoms with E-state index in [1.165, 1.54) is 0 Å². The Morgan fingerprint density at radius 2 is 1.80 bits per heavy atom. The van der Waals surface area contributed by atoms with Crippen LogP contribution in [0.2, 0.25) is 0 Å². The molecule has 0 bridgehead atoms. The average molecular weight is 412 g/mol. The molecule has 1 fully saturated rings. The van der Waals surface area contributed by atoms with Crippen LogP contribution in [-0.2, 0) is 22.7 Å². The molecule has 30 heavy (non-hydrogen) atoms. The van der Waals surface area contributed by atoms with Gasteiger partial charge in [0.25, 0.3) is 5.91 Å². The van der Waals surface area contributed by atoms with Crippen molar-refractivity contribution in [2.24, 2.45) is 5.73 Å². The fourth-order valence-corrected chi connectivity index (χ4v) is 2.78. The van der Waals surface area contributed by atoms with Crippen LogP contribution in [-0.4, -0.2) is 49.6 Å². The van der Waals surface area contributed by atoms with Gasteiger partial charge in [0.05, 0.1) is 13.2 Å². The first-order chi connectivity index (χ1) is 14.5. The van der Waals surface area contributed by atoms with Gasteiger partial charge in [0.15, 0.2) is 0 Å². The van der Waals surface area contributed by atoms with Gasteiger partial charge in [0.1, 0.15) is 17.8 Å². The average Bonchev–Trinajstić information content (AvgIpc) is 3.16. The highest BCUT2D eigenvalue weighted by molar-refractivity contribution is 5.94. The standard InChI is InChI=1S/C18H20N2O3.C5H9NO/c19-12-14-2-6-16(7-3-14)18(22)20-13-15-4-8-17(9-5-15)23-11-1-10-21;1-6-3-2-5(7)4-6/h2-10H,1,11-13,19H2,(H,20,22);2-4H2,1H3. The van der Waals surface area contributed by atoms with Gasteiger partial charge in [-0.25, -0.2) is 0 Å². The van der Waals surface area contributed by atoms with Crippen LogP contribution in [0.15, 0.2) is 48.5 Å². The van der Waals surface area contributed by atoms with Crippen LogP contribution in [0.3, 0.4) is 0 Å². The number of aldehydes is 1. The van der Waals surface area contributed by atoms with Crippen molar-refractivity contribution in [1.29, 1.82) is 0 Å². The maximum absolute atomic E-state index is 12.1. The van der Waals surface area contributed by atoms with E-state index in [0.717, 1.165) is 30.4 Å². The number of nitrogens with zero attached hydrogens (tertiary/aromatic N) is 1. The molecule has 0 unspecified atom stereocenters. The van der Waals surface area contributed by atoms with Gasteiger partial charge in [0, 0.05) is 38.0 Å². The van der Waals surface area contributed by atoms with Gasteiger partial charge in [-0.15, -0.1) is 0 Å². The molecule has 1 saturated heterocycles. The van der Waals surface area contributed by atoms with E-state index < -0.39 is 0 Å². The molecule has 0 aromatic heterocycles. The Balaban J connectivity index is 0.000000386. The molecule has 1 aliphatic heterocycles. The van der Waals surface area contributed by atoms with Crippen LogP contribution in [0.25, 0.3) is 0 Å². The lowest BCUT2D eigenvalue weighted by Gasteiger charge is -2.08. The number of ether oxygens (including phenoxy) is 1. The lowest BCUT2D eigenvalue weighted by atomic mass is 10.1. The van der Waals surface area contributed by atoms with E-state index in [0.29, 0.717) is 49.8 Å². The van der Waals surface area contributed by atoms with Crippen molar-refractivity contribution in [1.82, 2.24) is 10.2 Å². The molecular weight excluding hydrogens is 382 g/mol. The molecule has 1 amide bonds. The van der Waals surface area contributed by atoms with Crippen molar-refractivity contribution < 1.29 is 19.1 Å². The minimum atomic E-state index is -0.125. The van der Waals surface area contributed by atoms with Gasteiger partial charge < -0.3 is 20.6 Å². The summed E-state index contributed by atoms with van der Waals surface area (Å²) in [5, 5.41) is 2.87. The molecule has 7 heteroatoms. The summed E-state index contributed by atoms with van der Waals surface area (Å²) in [6, 6.07) is 14.6. The van der Waals surface area contributed by atoms with E-state index in [1.807, 2.05) is 48.3 Å². The zero-order valence-corrected chi connectivity index (χ0v) is 17.3. The summed E-state index contributed by atoms with van der Waals surface area (Å²) in [6.45, 7) is 2.90. The van der Waals surface area contributed by atoms with Crippen LogP contribution in [0.1, 0.15) is 34.3 Å². The number of carbonyl (C=O) groups is 3. The normalized spacial score (nSPS) is 13.3. The Kier molecular flexibility index (Phi) is 9.70. The fraction of sp³-hybridized carbons (Fsp3) is 0.348. The van der Waals surface area contributed by atoms with Crippen molar-refractivity contribution in [3.8, 4) is 5.75 Å². The first kappa shape index (κ1) is 23.3. The van der Waals surface area contributed by atoms with Crippen LogP contribution in [0, 0.1) is 0 Å². The third kappa shape index (κ3) is 8.14. The number of nitrogens with two attached hydrogens (primary N) is 1. The highest BCUT2D eigenvalue weighted by Gasteiger charge is 2.13. The number of hydrogen-bond acceptors (Lipinski definition) is 6. The topological polar surface area (TPSA) is 102 Å². The van der Waals surface area contributed by atoms with Gasteiger partial charge >= 0.3 is 0 Å². The quantitative estimate of drug-likeness (QED) is 0.508. The summed E-state index contributed by atoms with van der Waals surface area (Å²) in [5.41, 5.74) is 8.10. The number of carbonyl (C=O) groups excluding carboxylic acids is 3. The van der Waals surface area contributed by atoms with Gasteiger partial charge in [0.2, 0.25) is 0 Å². The van der Waals surface area contributed by atoms with Crippen molar-refractivity contribution in [3.63, 3.8) is 0 Å². The molecule has 0 atom stereocenters. The van der Waals surface area contributed by atoms with Crippen molar-refractivity contribution in [2.45, 2.75) is 25.9 Å². The molecule has 1 heterocycles. The van der Waals surface area contributed by atoms with E-state index in [1.54, 1.807) is 12.1 Å². The largest absolute Gasteiger partial charge is 0.493 e. The van der Waals surface area contributed by atoms with Crippen LogP contribution in [0.5, 0.6) is 5.75 Å². The molecule has 160 valence electrons. The predicted octanol–water partition coefficient (Wildman–Crippen LogP) is 1.93. The maximum atomic E-state index is 12.1. The van der Waals surface area contributed by atoms with Crippen molar-refractivity contribution >= 4 is 18.0 Å². The monoisotopic (exact) mass is 411 g/mol. The summed E-state index contributed by atoms with van der Waals surface area (Å²) in [7, 11) is 1.96. The molecule has 0 spiro atoms. The third-order valence-electron chi connectivity index (χ3n) is 4.55. The molecule has 3 N–H and O–H groups in total. The van der Waals surface area contributed by atoms with Gasteiger partial charge in [-0.2, -0.15) is 0 Å². The number of rotatable bonds is 8. The molecule has 1 aliphatic rings. The minimum absolute atomic E-state index is 0.125. The SMILES string of the molecule is CN1CCC(=O)C1.NCc1ccc(C(=O)NCc2ccc(OCCC=O)cc2)cc1. The molecule has 2 aromatic rings. The number of nitrogens with one attached hydrogen (secondary N) is 1. The van der Waals surface area contributed by atoms with Crippen molar-refractivity contribution in [2.75, 3.05) is 26.7 Å². The molecule has 0 saturated carbocycles. The molecule has 2 aromatic carbocycles. The highest BCUT2D eigenvalue weighted by atomic mass is 16.5. The Hall–Kier alpha value is -3.03. The molecule has 0 aliphatic carbocycles. The Bertz CT molecular complexity index is 819. The molecule has 0 radical (unpaired) electrons. The fourth-order valence-electron chi connectivity index (χ4n) is 2.78. The number of Topliss-reactive ketones (excluding diaryl/α,β-unsaturated/α-hetero) is 1. The van der Waals surface area contributed by atoms with Gasteiger partial charge in [-0.05, 0) is 42.4 Å². The first-order valence-corrected chi connectivity index (χ1v) is 9.94. The van der Waals surface area contributed by atoms with E-state index in [9.17, 15) is 14.4 Å². The lowest BCUT2D eigenvalue weighted by Crippen LogP contribution is -2.22. The van der Waals surface area contributed by atoms with E-state index in [2.05, 4.69) is 5.32 Å². The maximum Gasteiger partial charge on any atom is 0.251 e. The Labute approximate surface area is 177 Å². The number of amides is 1. The summed E-state index contributed by atoms with van der Waals surface area (Å²) < 4.78 is 5.39. The third-order valence-corrected chi connectivity index (χ3v) is 4.55. The summed E-state index contributed by atoms with van der Waals surface area (Å²) in [6.07, 6.45) is 1.96. The van der Waals surface area contributed by atoms with E-state index in [4.69, 9.17) is 10.5 Å². The Morgan fingerprint density at radius 1 is 1.13 bits per heavy atom. The number of likely N-dealkylation sites (N-methyl/N-ethyl adjacent to an activating group) is 1. The molecular formula is C23H29N3O4. The highest BCUT2D eigenvalue weighted by Crippen LogP contribution is 2.12. The van der Waals surface area contributed by atoms with E-state index >= 15 is 0 Å². The summed E-state index contributed by atoms with van der Waals surface area (Å²) in [5.74, 6) is 0.960. The predicted molar refractivity (Wildman–Crippen MR) is 115 cm³/mol. The first-order valence-electron chi connectivity index (χ1n) is 9.94. The molecule has 3 rings (SSSR count). The van der Waals surface area contributed by atoms with E-state index in [-0.39, 0.29) is 5.91 Å². The zero-order valence-electron chi connectivity index (χ0n) is 17.3. The van der Waals surface area contributed by atoms with Crippen LogP contribution < -0.4 is 15.8 Å². The second kappa shape index (κ2) is 12.5. The number of hydrogen-bond donors (Lipinski definition) is 2. The smallest absolute Gasteiger partial charge is 0.251 e. The van der Waals surface area contributed by atoms with Crippen molar-refractivity contribution in [3.05, 3.63) is 65.2 Å². The summed E-state index contributed by atoms with van der Waals surface area (Å²) in [4.78, 5) is 34.7. The Morgan fingerprint density at radius 3 is 2.30 bits per heavy atom. The van der Waals surface area contributed by atoms with Gasteiger partial charge in [-0.1, -0.05) is 24.3 Å². The molecule has 7 nitrogen and oxygen atoms in total. The van der Waals surface area contributed by atoms with Gasteiger partial charge in [-0.3, -0.25) is 14.5 Å². The van der Waals surface area contributed by atoms with Crippen LogP contribution in [0.4, 0.5) is 0 Å². The minimum Gasteiger partial charge on any atom is -0.493 e. The number of benzene rings is 2. The number of ketones is 1. The zero-order chi connectivity index (χ0) is 21.8. The number of likely N-dealkylation sites (tertiary alicyclic amines) is 1.